The number of fused-ring (bicyclic) bond motifs is 3. The van der Waals surface area contributed by atoms with Crippen LogP contribution in [0.15, 0.2) is 30.7 Å². The van der Waals surface area contributed by atoms with Gasteiger partial charge in [-0.2, -0.15) is 5.10 Å². The van der Waals surface area contributed by atoms with E-state index in [1.807, 2.05) is 26.8 Å². The van der Waals surface area contributed by atoms with E-state index in [0.29, 0.717) is 11.4 Å². The lowest BCUT2D eigenvalue weighted by molar-refractivity contribution is 0.00696. The van der Waals surface area contributed by atoms with E-state index in [9.17, 15) is 4.79 Å². The first-order valence-electron chi connectivity index (χ1n) is 6.64. The Balaban J connectivity index is 2.02. The van der Waals surface area contributed by atoms with Gasteiger partial charge in [0.05, 0.1) is 5.56 Å². The van der Waals surface area contributed by atoms with Crippen LogP contribution in [0.25, 0.3) is 17.6 Å². The maximum atomic E-state index is 12.2. The van der Waals surface area contributed by atoms with E-state index >= 15 is 0 Å². The number of hydrogen-bond acceptors (Lipinski definition) is 5. The number of carbonyl (C=O) groups is 1. The highest BCUT2D eigenvalue weighted by molar-refractivity contribution is 5.93. The number of nitrogens with one attached hydrogen (secondary N) is 1. The van der Waals surface area contributed by atoms with Crippen LogP contribution in [-0.2, 0) is 4.74 Å². The number of benzene rings is 1. The molecule has 6 heteroatoms. The summed E-state index contributed by atoms with van der Waals surface area (Å²) in [5.74, 6) is 0.324. The molecule has 1 aliphatic rings. The molecule has 0 bridgehead atoms. The number of ether oxygens (including phenoxy) is 1. The van der Waals surface area contributed by atoms with Crippen LogP contribution in [0.3, 0.4) is 0 Å². The molecule has 1 aliphatic heterocycles. The third-order valence-corrected chi connectivity index (χ3v) is 2.92. The van der Waals surface area contributed by atoms with Gasteiger partial charge in [0.1, 0.15) is 11.9 Å². The minimum absolute atomic E-state index is 0.353. The van der Waals surface area contributed by atoms with Crippen molar-refractivity contribution in [3.05, 3.63) is 36.3 Å². The SMILES string of the molecule is CC(C)(C)OC(=O)c1ccc2c(c1)-c1ncnn1C=CN2. The van der Waals surface area contributed by atoms with Crippen molar-refractivity contribution < 1.29 is 9.53 Å². The van der Waals surface area contributed by atoms with Crippen molar-refractivity contribution >= 4 is 17.9 Å². The molecule has 1 N–H and O–H groups in total. The fraction of sp³-hybridized carbons (Fsp3) is 0.267. The number of hydrogen-bond donors (Lipinski definition) is 1. The summed E-state index contributed by atoms with van der Waals surface area (Å²) in [6.07, 6.45) is 5.03. The second-order valence-electron chi connectivity index (χ2n) is 5.75. The van der Waals surface area contributed by atoms with E-state index in [1.54, 1.807) is 29.2 Å². The molecule has 0 saturated heterocycles. The molecule has 3 rings (SSSR count). The van der Waals surface area contributed by atoms with Crippen LogP contribution in [0.1, 0.15) is 31.1 Å². The average Bonchev–Trinajstić information content (AvgIpc) is 2.79. The lowest BCUT2D eigenvalue weighted by atomic mass is 10.1. The maximum absolute atomic E-state index is 12.2. The van der Waals surface area contributed by atoms with Gasteiger partial charge in [0.2, 0.25) is 0 Å². The summed E-state index contributed by atoms with van der Waals surface area (Å²) in [5, 5.41) is 7.25. The van der Waals surface area contributed by atoms with Crippen LogP contribution in [0, 0.1) is 0 Å². The Kier molecular flexibility index (Phi) is 3.01. The van der Waals surface area contributed by atoms with Gasteiger partial charge in [0.15, 0.2) is 5.82 Å². The molecule has 6 nitrogen and oxygen atoms in total. The second kappa shape index (κ2) is 4.73. The molecular formula is C15H16N4O2. The maximum Gasteiger partial charge on any atom is 0.338 e. The molecule has 108 valence electrons. The van der Waals surface area contributed by atoms with Crippen molar-refractivity contribution in [3.8, 4) is 11.4 Å². The number of carbonyl (C=O) groups excluding carboxylic acids is 1. The topological polar surface area (TPSA) is 69.0 Å². The number of anilines is 1. The van der Waals surface area contributed by atoms with Gasteiger partial charge in [-0.15, -0.1) is 0 Å². The van der Waals surface area contributed by atoms with Crippen molar-refractivity contribution in [1.29, 1.82) is 0 Å². The summed E-state index contributed by atoms with van der Waals surface area (Å²) >= 11 is 0. The number of aromatic nitrogens is 3. The molecule has 0 fully saturated rings. The monoisotopic (exact) mass is 284 g/mol. The first kappa shape index (κ1) is 13.4. The number of esters is 1. The summed E-state index contributed by atoms with van der Waals surface area (Å²) < 4.78 is 7.05. The predicted octanol–water partition coefficient (Wildman–Crippen LogP) is 2.75. The average molecular weight is 284 g/mol. The summed E-state index contributed by atoms with van der Waals surface area (Å²) in [5.41, 5.74) is 1.64. The Morgan fingerprint density at radius 2 is 2.14 bits per heavy atom. The summed E-state index contributed by atoms with van der Waals surface area (Å²) in [6.45, 7) is 5.53. The molecule has 2 heterocycles. The third-order valence-electron chi connectivity index (χ3n) is 2.92. The summed E-state index contributed by atoms with van der Waals surface area (Å²) in [4.78, 5) is 16.4. The second-order valence-corrected chi connectivity index (χ2v) is 5.75. The van der Waals surface area contributed by atoms with Crippen LogP contribution in [-0.4, -0.2) is 26.3 Å². The highest BCUT2D eigenvalue weighted by Crippen LogP contribution is 2.30. The van der Waals surface area contributed by atoms with Gasteiger partial charge in [-0.05, 0) is 39.0 Å². The summed E-state index contributed by atoms with van der Waals surface area (Å²) in [6, 6.07) is 5.34. The fourth-order valence-electron chi connectivity index (χ4n) is 2.07. The molecule has 0 amide bonds. The van der Waals surface area contributed by atoms with E-state index in [-0.39, 0.29) is 5.97 Å². The number of nitrogens with zero attached hydrogens (tertiary/aromatic N) is 3. The van der Waals surface area contributed by atoms with E-state index < -0.39 is 5.60 Å². The first-order valence-corrected chi connectivity index (χ1v) is 6.64. The van der Waals surface area contributed by atoms with Gasteiger partial charge in [0, 0.05) is 23.7 Å². The Bertz CT molecular complexity index is 726. The summed E-state index contributed by atoms with van der Waals surface area (Å²) in [7, 11) is 0. The van der Waals surface area contributed by atoms with Crippen molar-refractivity contribution in [1.82, 2.24) is 14.8 Å². The van der Waals surface area contributed by atoms with Crippen molar-refractivity contribution in [2.75, 3.05) is 5.32 Å². The van der Waals surface area contributed by atoms with Crippen molar-refractivity contribution in [3.63, 3.8) is 0 Å². The Morgan fingerprint density at radius 1 is 1.33 bits per heavy atom. The molecule has 1 aromatic heterocycles. The molecular weight excluding hydrogens is 268 g/mol. The lowest BCUT2D eigenvalue weighted by Gasteiger charge is -2.19. The fourth-order valence-corrected chi connectivity index (χ4v) is 2.07. The largest absolute Gasteiger partial charge is 0.456 e. The van der Waals surface area contributed by atoms with Crippen LogP contribution < -0.4 is 5.32 Å². The number of rotatable bonds is 1. The van der Waals surface area contributed by atoms with Gasteiger partial charge in [0.25, 0.3) is 0 Å². The zero-order valence-electron chi connectivity index (χ0n) is 12.1. The quantitative estimate of drug-likeness (QED) is 0.815. The highest BCUT2D eigenvalue weighted by Gasteiger charge is 2.20. The predicted molar refractivity (Wildman–Crippen MR) is 79.6 cm³/mol. The Labute approximate surface area is 122 Å². The zero-order valence-corrected chi connectivity index (χ0v) is 12.1. The molecule has 0 spiro atoms. The standard InChI is InChI=1S/C15H16N4O2/c1-15(2,3)21-14(20)10-4-5-12-11(8-10)13-17-9-18-19(13)7-6-16-12/h4-9,16H,1-3H3. The van der Waals surface area contributed by atoms with Gasteiger partial charge >= 0.3 is 5.97 Å². The van der Waals surface area contributed by atoms with Crippen molar-refractivity contribution in [2.45, 2.75) is 26.4 Å². The minimum atomic E-state index is -0.524. The van der Waals surface area contributed by atoms with Crippen LogP contribution >= 0.6 is 0 Å². The van der Waals surface area contributed by atoms with Crippen molar-refractivity contribution in [2.24, 2.45) is 0 Å². The normalized spacial score (nSPS) is 12.9. The van der Waals surface area contributed by atoms with Crippen LogP contribution in [0.4, 0.5) is 5.69 Å². The molecule has 0 radical (unpaired) electrons. The van der Waals surface area contributed by atoms with Gasteiger partial charge in [-0.1, -0.05) is 0 Å². The molecule has 0 saturated carbocycles. The lowest BCUT2D eigenvalue weighted by Crippen LogP contribution is -2.23. The molecule has 21 heavy (non-hydrogen) atoms. The molecule has 1 aromatic carbocycles. The van der Waals surface area contributed by atoms with E-state index in [2.05, 4.69) is 15.4 Å². The van der Waals surface area contributed by atoms with E-state index in [4.69, 9.17) is 4.74 Å². The van der Waals surface area contributed by atoms with Crippen LogP contribution in [0.5, 0.6) is 0 Å². The molecule has 0 atom stereocenters. The van der Waals surface area contributed by atoms with Crippen LogP contribution in [0.2, 0.25) is 0 Å². The smallest absolute Gasteiger partial charge is 0.338 e. The molecule has 0 unspecified atom stereocenters. The highest BCUT2D eigenvalue weighted by atomic mass is 16.6. The molecule has 0 aliphatic carbocycles. The Hall–Kier alpha value is -2.63. The first-order chi connectivity index (χ1) is 9.94. The van der Waals surface area contributed by atoms with Gasteiger partial charge in [-0.3, -0.25) is 0 Å². The van der Waals surface area contributed by atoms with E-state index in [1.165, 1.54) is 6.33 Å². The van der Waals surface area contributed by atoms with Gasteiger partial charge < -0.3 is 10.1 Å². The van der Waals surface area contributed by atoms with Gasteiger partial charge in [-0.25, -0.2) is 14.5 Å². The molecule has 2 aromatic rings. The third kappa shape index (κ3) is 2.65. The van der Waals surface area contributed by atoms with E-state index in [0.717, 1.165) is 11.3 Å². The Morgan fingerprint density at radius 3 is 2.90 bits per heavy atom. The minimum Gasteiger partial charge on any atom is -0.456 e. The zero-order chi connectivity index (χ0) is 15.0.